The van der Waals surface area contributed by atoms with E-state index in [1.807, 2.05) is 30.3 Å². The van der Waals surface area contributed by atoms with Crippen LogP contribution in [0.3, 0.4) is 0 Å². The Bertz CT molecular complexity index is 861. The standard InChI is InChI=1S/C19H18N2O3/c1-21-11-9-16(22)19(24-13-14-6-3-2-4-7-14)17(21)18(23)15-8-5-10-20-12-15/h2-12,18,23H,13H2,1H3. The highest BCUT2D eigenvalue weighted by atomic mass is 16.5. The molecule has 0 fully saturated rings. The fourth-order valence-corrected chi connectivity index (χ4v) is 2.51. The molecule has 122 valence electrons. The number of benzene rings is 1. The van der Waals surface area contributed by atoms with E-state index in [-0.39, 0.29) is 17.8 Å². The van der Waals surface area contributed by atoms with Crippen molar-refractivity contribution >= 4 is 0 Å². The zero-order chi connectivity index (χ0) is 16.9. The smallest absolute Gasteiger partial charge is 0.223 e. The summed E-state index contributed by atoms with van der Waals surface area (Å²) in [7, 11) is 1.77. The van der Waals surface area contributed by atoms with Gasteiger partial charge in [-0.3, -0.25) is 9.78 Å². The highest BCUT2D eigenvalue weighted by molar-refractivity contribution is 5.35. The lowest BCUT2D eigenvalue weighted by atomic mass is 10.1. The lowest BCUT2D eigenvalue weighted by molar-refractivity contribution is 0.197. The first-order chi connectivity index (χ1) is 11.7. The molecule has 5 heteroatoms. The molecule has 1 atom stereocenters. The summed E-state index contributed by atoms with van der Waals surface area (Å²) in [6, 6.07) is 14.5. The second-order valence-electron chi connectivity index (χ2n) is 5.47. The van der Waals surface area contributed by atoms with Crippen LogP contribution in [-0.2, 0) is 13.7 Å². The summed E-state index contributed by atoms with van der Waals surface area (Å²) >= 11 is 0. The SMILES string of the molecule is Cn1ccc(=O)c(OCc2ccccc2)c1C(O)c1cccnc1. The van der Waals surface area contributed by atoms with Gasteiger partial charge in [-0.15, -0.1) is 0 Å². The van der Waals surface area contributed by atoms with Crippen LogP contribution < -0.4 is 10.2 Å². The summed E-state index contributed by atoms with van der Waals surface area (Å²) in [5.74, 6) is 0.153. The summed E-state index contributed by atoms with van der Waals surface area (Å²) in [5, 5.41) is 10.7. The third-order valence-corrected chi connectivity index (χ3v) is 3.77. The van der Waals surface area contributed by atoms with E-state index in [1.54, 1.807) is 42.3 Å². The van der Waals surface area contributed by atoms with E-state index >= 15 is 0 Å². The third-order valence-electron chi connectivity index (χ3n) is 3.77. The van der Waals surface area contributed by atoms with E-state index < -0.39 is 6.10 Å². The van der Waals surface area contributed by atoms with Gasteiger partial charge in [-0.2, -0.15) is 0 Å². The van der Waals surface area contributed by atoms with E-state index in [2.05, 4.69) is 4.98 Å². The molecule has 0 amide bonds. The Morgan fingerprint density at radius 2 is 1.96 bits per heavy atom. The molecular formula is C19H18N2O3. The van der Waals surface area contributed by atoms with E-state index in [4.69, 9.17) is 4.74 Å². The normalized spacial score (nSPS) is 11.9. The Balaban J connectivity index is 1.96. The van der Waals surface area contributed by atoms with Crippen LogP contribution in [0, 0.1) is 0 Å². The van der Waals surface area contributed by atoms with Gasteiger partial charge in [-0.25, -0.2) is 0 Å². The number of hydrogen-bond donors (Lipinski definition) is 1. The second kappa shape index (κ2) is 7.10. The number of aromatic nitrogens is 2. The molecule has 24 heavy (non-hydrogen) atoms. The first-order valence-corrected chi connectivity index (χ1v) is 7.61. The molecular weight excluding hydrogens is 304 g/mol. The lowest BCUT2D eigenvalue weighted by Crippen LogP contribution is -2.18. The van der Waals surface area contributed by atoms with Crippen molar-refractivity contribution in [1.82, 2.24) is 9.55 Å². The van der Waals surface area contributed by atoms with Crippen molar-refractivity contribution in [3.05, 3.63) is 94.2 Å². The van der Waals surface area contributed by atoms with E-state index in [0.29, 0.717) is 11.3 Å². The third kappa shape index (κ3) is 3.36. The molecule has 0 radical (unpaired) electrons. The maximum atomic E-state index is 12.3. The molecule has 0 spiro atoms. The fraction of sp³-hybridized carbons (Fsp3) is 0.158. The van der Waals surface area contributed by atoms with Gasteiger partial charge in [0.15, 0.2) is 5.75 Å². The van der Waals surface area contributed by atoms with Crippen LogP contribution >= 0.6 is 0 Å². The van der Waals surface area contributed by atoms with Crippen LogP contribution in [0.4, 0.5) is 0 Å². The number of ether oxygens (including phenoxy) is 1. The van der Waals surface area contributed by atoms with Crippen LogP contribution in [0.1, 0.15) is 22.9 Å². The van der Waals surface area contributed by atoms with E-state index in [0.717, 1.165) is 5.56 Å². The first-order valence-electron chi connectivity index (χ1n) is 7.61. The number of aliphatic hydroxyl groups excluding tert-OH is 1. The summed E-state index contributed by atoms with van der Waals surface area (Å²) in [6.07, 6.45) is 3.83. The van der Waals surface area contributed by atoms with Crippen molar-refractivity contribution in [2.45, 2.75) is 12.7 Å². The Labute approximate surface area is 139 Å². The van der Waals surface area contributed by atoms with Crippen molar-refractivity contribution in [1.29, 1.82) is 0 Å². The molecule has 1 aromatic carbocycles. The number of hydrogen-bond acceptors (Lipinski definition) is 4. The maximum absolute atomic E-state index is 12.3. The number of aliphatic hydroxyl groups is 1. The Hall–Kier alpha value is -2.92. The van der Waals surface area contributed by atoms with Gasteiger partial charge in [0.1, 0.15) is 12.7 Å². The molecule has 1 unspecified atom stereocenters. The lowest BCUT2D eigenvalue weighted by Gasteiger charge is -2.19. The molecule has 0 bridgehead atoms. The molecule has 1 N–H and O–H groups in total. The van der Waals surface area contributed by atoms with E-state index in [1.165, 1.54) is 6.07 Å². The summed E-state index contributed by atoms with van der Waals surface area (Å²) in [5.41, 5.74) is 1.70. The Morgan fingerprint density at radius 3 is 2.67 bits per heavy atom. The molecule has 3 aromatic rings. The minimum absolute atomic E-state index is 0.153. The first kappa shape index (κ1) is 16.0. The van der Waals surface area contributed by atoms with Crippen molar-refractivity contribution < 1.29 is 9.84 Å². The number of rotatable bonds is 5. The molecule has 3 rings (SSSR count). The maximum Gasteiger partial charge on any atom is 0.223 e. The van der Waals surface area contributed by atoms with Gasteiger partial charge in [-0.1, -0.05) is 36.4 Å². The topological polar surface area (TPSA) is 64.3 Å². The zero-order valence-electron chi connectivity index (χ0n) is 13.3. The van der Waals surface area contributed by atoms with Gasteiger partial charge in [-0.05, 0) is 11.6 Å². The quantitative estimate of drug-likeness (QED) is 0.783. The van der Waals surface area contributed by atoms with Gasteiger partial charge >= 0.3 is 0 Å². The fourth-order valence-electron chi connectivity index (χ4n) is 2.51. The van der Waals surface area contributed by atoms with Gasteiger partial charge in [0.25, 0.3) is 0 Å². The van der Waals surface area contributed by atoms with Gasteiger partial charge in [0.2, 0.25) is 5.43 Å². The largest absolute Gasteiger partial charge is 0.483 e. The molecule has 0 saturated heterocycles. The van der Waals surface area contributed by atoms with Crippen molar-refractivity contribution in [2.75, 3.05) is 0 Å². The molecule has 0 aliphatic rings. The monoisotopic (exact) mass is 322 g/mol. The minimum Gasteiger partial charge on any atom is -0.483 e. The van der Waals surface area contributed by atoms with Crippen molar-refractivity contribution in [2.24, 2.45) is 7.05 Å². The number of nitrogens with zero attached hydrogens (tertiary/aromatic N) is 2. The summed E-state index contributed by atoms with van der Waals surface area (Å²) in [6.45, 7) is 0.257. The van der Waals surface area contributed by atoms with E-state index in [9.17, 15) is 9.90 Å². The van der Waals surface area contributed by atoms with Gasteiger partial charge in [0, 0.05) is 37.3 Å². The van der Waals surface area contributed by atoms with Gasteiger partial charge < -0.3 is 14.4 Å². The molecule has 0 aliphatic carbocycles. The average molecular weight is 322 g/mol. The van der Waals surface area contributed by atoms with Gasteiger partial charge in [0.05, 0.1) is 5.69 Å². The number of pyridine rings is 2. The van der Waals surface area contributed by atoms with Crippen LogP contribution in [-0.4, -0.2) is 14.7 Å². The van der Waals surface area contributed by atoms with Crippen LogP contribution in [0.15, 0.2) is 71.9 Å². The highest BCUT2D eigenvalue weighted by Gasteiger charge is 2.21. The molecule has 0 aliphatic heterocycles. The summed E-state index contributed by atoms with van der Waals surface area (Å²) in [4.78, 5) is 16.3. The molecule has 2 aromatic heterocycles. The minimum atomic E-state index is -0.997. The van der Waals surface area contributed by atoms with Crippen molar-refractivity contribution in [3.63, 3.8) is 0 Å². The molecule has 0 saturated carbocycles. The second-order valence-corrected chi connectivity index (χ2v) is 5.47. The van der Waals surface area contributed by atoms with Crippen LogP contribution in [0.25, 0.3) is 0 Å². The molecule has 2 heterocycles. The van der Waals surface area contributed by atoms with Crippen LogP contribution in [0.2, 0.25) is 0 Å². The Morgan fingerprint density at radius 1 is 1.17 bits per heavy atom. The zero-order valence-corrected chi connectivity index (χ0v) is 13.3. The average Bonchev–Trinajstić information content (AvgIpc) is 2.63. The van der Waals surface area contributed by atoms with Crippen LogP contribution in [0.5, 0.6) is 5.75 Å². The van der Waals surface area contributed by atoms with Crippen molar-refractivity contribution in [3.8, 4) is 5.75 Å². The predicted molar refractivity (Wildman–Crippen MR) is 90.8 cm³/mol. The number of aryl methyl sites for hydroxylation is 1. The Kier molecular flexibility index (Phi) is 4.72. The highest BCUT2D eigenvalue weighted by Crippen LogP contribution is 2.27. The summed E-state index contributed by atoms with van der Waals surface area (Å²) < 4.78 is 7.46. The predicted octanol–water partition coefficient (Wildman–Crippen LogP) is 2.44. The molecule has 5 nitrogen and oxygen atoms in total.